The van der Waals surface area contributed by atoms with Crippen molar-refractivity contribution in [3.05, 3.63) is 0 Å². The molecule has 0 bridgehead atoms. The first-order valence-corrected chi connectivity index (χ1v) is 8.52. The molecule has 0 fully saturated rings. The standard InChI is InChI=1S/C8H21NO7P2/c1-7(2,3)9-6-4-5-8(10,17(11,12)13)18(14,15)16/h9-10H,4-6H2,1-3H3,(H2,11,12,13)(H2,14,15,16). The zero-order valence-electron chi connectivity index (χ0n) is 10.6. The van der Waals surface area contributed by atoms with E-state index in [-0.39, 0.29) is 18.5 Å². The Morgan fingerprint density at radius 3 is 1.67 bits per heavy atom. The SMILES string of the molecule is CC(C)(C)NCCCC(O)(P(=O)(O)O)P(=O)(O)O. The average Bonchev–Trinajstić information content (AvgIpc) is 2.06. The van der Waals surface area contributed by atoms with Crippen molar-refractivity contribution in [1.29, 1.82) is 0 Å². The molecule has 0 saturated carbocycles. The number of rotatable bonds is 6. The molecule has 18 heavy (non-hydrogen) atoms. The van der Waals surface area contributed by atoms with Crippen LogP contribution >= 0.6 is 15.2 Å². The van der Waals surface area contributed by atoms with Crippen LogP contribution in [0.2, 0.25) is 0 Å². The summed E-state index contributed by atoms with van der Waals surface area (Å²) in [6.07, 6.45) is -0.672. The normalized spacial score (nSPS) is 14.9. The molecule has 0 aromatic rings. The number of hydrogen-bond acceptors (Lipinski definition) is 4. The van der Waals surface area contributed by atoms with Gasteiger partial charge in [-0.05, 0) is 33.7 Å². The minimum absolute atomic E-state index is 0.0178. The summed E-state index contributed by atoms with van der Waals surface area (Å²) in [5, 5.41) is 9.23. The maximum absolute atomic E-state index is 11.0. The molecule has 0 aliphatic heterocycles. The predicted molar refractivity (Wildman–Crippen MR) is 66.0 cm³/mol. The van der Waals surface area contributed by atoms with E-state index in [0.717, 1.165) is 0 Å². The van der Waals surface area contributed by atoms with Gasteiger partial charge in [0.05, 0.1) is 0 Å². The van der Waals surface area contributed by atoms with Gasteiger partial charge in [-0.25, -0.2) is 0 Å². The summed E-state index contributed by atoms with van der Waals surface area (Å²) in [6, 6.07) is 0. The van der Waals surface area contributed by atoms with Crippen LogP contribution in [-0.4, -0.2) is 41.8 Å². The van der Waals surface area contributed by atoms with Gasteiger partial charge in [0.2, 0.25) is 0 Å². The van der Waals surface area contributed by atoms with Gasteiger partial charge in [0.25, 0.3) is 5.08 Å². The van der Waals surface area contributed by atoms with Crippen molar-refractivity contribution in [1.82, 2.24) is 5.32 Å². The lowest BCUT2D eigenvalue weighted by atomic mass is 10.1. The topological polar surface area (TPSA) is 147 Å². The fraction of sp³-hybridized carbons (Fsp3) is 1.00. The summed E-state index contributed by atoms with van der Waals surface area (Å²) in [5.74, 6) is 0. The molecule has 0 amide bonds. The first-order chi connectivity index (χ1) is 7.71. The monoisotopic (exact) mass is 305 g/mol. The molecule has 10 heteroatoms. The molecule has 110 valence electrons. The van der Waals surface area contributed by atoms with Gasteiger partial charge in [0, 0.05) is 12.0 Å². The highest BCUT2D eigenvalue weighted by molar-refractivity contribution is 7.72. The van der Waals surface area contributed by atoms with E-state index in [1.54, 1.807) is 0 Å². The van der Waals surface area contributed by atoms with Crippen LogP contribution in [0, 0.1) is 0 Å². The first-order valence-electron chi connectivity index (χ1n) is 5.29. The van der Waals surface area contributed by atoms with Gasteiger partial charge in [-0.2, -0.15) is 0 Å². The quantitative estimate of drug-likeness (QED) is 0.300. The maximum Gasteiger partial charge on any atom is 0.369 e. The molecular weight excluding hydrogens is 284 g/mol. The van der Waals surface area contributed by atoms with Crippen LogP contribution in [0.15, 0.2) is 0 Å². The Labute approximate surface area is 106 Å². The summed E-state index contributed by atoms with van der Waals surface area (Å²) in [6.45, 7) is 5.87. The fourth-order valence-electron chi connectivity index (χ4n) is 1.25. The predicted octanol–water partition coefficient (Wildman–Crippen LogP) is 0.156. The van der Waals surface area contributed by atoms with Gasteiger partial charge >= 0.3 is 15.2 Å². The maximum atomic E-state index is 11.0. The molecule has 6 N–H and O–H groups in total. The fourth-order valence-corrected chi connectivity index (χ4v) is 3.51. The molecule has 0 spiro atoms. The van der Waals surface area contributed by atoms with Crippen LogP contribution in [0.1, 0.15) is 33.6 Å². The van der Waals surface area contributed by atoms with E-state index in [1.807, 2.05) is 20.8 Å². The number of nitrogens with one attached hydrogen (secondary N) is 1. The van der Waals surface area contributed by atoms with Gasteiger partial charge in [-0.1, -0.05) is 0 Å². The largest absolute Gasteiger partial charge is 0.369 e. The second-order valence-corrected chi connectivity index (χ2v) is 9.15. The Kier molecular flexibility index (Phi) is 5.76. The Morgan fingerprint density at radius 2 is 1.39 bits per heavy atom. The van der Waals surface area contributed by atoms with E-state index in [4.69, 9.17) is 19.6 Å². The van der Waals surface area contributed by atoms with Crippen molar-refractivity contribution < 1.29 is 33.8 Å². The second-order valence-electron chi connectivity index (χ2n) is 5.14. The zero-order chi connectivity index (χ0) is 14.8. The summed E-state index contributed by atoms with van der Waals surface area (Å²) in [7, 11) is -10.7. The molecule has 0 rings (SSSR count). The van der Waals surface area contributed by atoms with Crippen LogP contribution in [0.5, 0.6) is 0 Å². The van der Waals surface area contributed by atoms with Gasteiger partial charge in [-0.3, -0.25) is 9.13 Å². The van der Waals surface area contributed by atoms with Crippen LogP contribution in [0.4, 0.5) is 0 Å². The molecule has 8 nitrogen and oxygen atoms in total. The van der Waals surface area contributed by atoms with E-state index in [1.165, 1.54) is 0 Å². The third-order valence-corrected chi connectivity index (χ3v) is 6.15. The van der Waals surface area contributed by atoms with E-state index >= 15 is 0 Å². The van der Waals surface area contributed by atoms with Crippen LogP contribution in [-0.2, 0) is 9.13 Å². The average molecular weight is 305 g/mol. The lowest BCUT2D eigenvalue weighted by Crippen LogP contribution is -2.37. The lowest BCUT2D eigenvalue weighted by molar-refractivity contribution is 0.120. The van der Waals surface area contributed by atoms with E-state index in [0.29, 0.717) is 0 Å². The third kappa shape index (κ3) is 5.07. The summed E-state index contributed by atoms with van der Waals surface area (Å²) in [4.78, 5) is 35.5. The molecule has 0 aliphatic carbocycles. The van der Waals surface area contributed by atoms with Gasteiger partial charge in [-0.15, -0.1) is 0 Å². The van der Waals surface area contributed by atoms with Crippen molar-refractivity contribution >= 4 is 15.2 Å². The minimum atomic E-state index is -5.33. The van der Waals surface area contributed by atoms with Gasteiger partial charge < -0.3 is 30.0 Å². The molecule has 0 aliphatic rings. The highest BCUT2D eigenvalue weighted by Crippen LogP contribution is 2.69. The number of aliphatic hydroxyl groups is 1. The Hall–Kier alpha value is 0.220. The summed E-state index contributed by atoms with van der Waals surface area (Å²) < 4.78 is 22.0. The highest BCUT2D eigenvalue weighted by Gasteiger charge is 2.58. The van der Waals surface area contributed by atoms with Gasteiger partial charge in [0.1, 0.15) is 0 Å². The minimum Gasteiger partial charge on any atom is -0.368 e. The van der Waals surface area contributed by atoms with E-state index in [9.17, 15) is 14.2 Å². The molecular formula is C8H21NO7P2. The van der Waals surface area contributed by atoms with Crippen molar-refractivity contribution in [3.63, 3.8) is 0 Å². The van der Waals surface area contributed by atoms with E-state index in [2.05, 4.69) is 5.32 Å². The Morgan fingerprint density at radius 1 is 1.00 bits per heavy atom. The third-order valence-electron chi connectivity index (χ3n) is 2.28. The molecule has 0 saturated heterocycles. The smallest absolute Gasteiger partial charge is 0.368 e. The highest BCUT2D eigenvalue weighted by atomic mass is 31.2. The summed E-state index contributed by atoms with van der Waals surface area (Å²) >= 11 is 0. The second kappa shape index (κ2) is 5.69. The summed E-state index contributed by atoms with van der Waals surface area (Å²) in [5.41, 5.74) is -0.234. The molecule has 0 heterocycles. The first kappa shape index (κ1) is 18.2. The molecule has 0 unspecified atom stereocenters. The Bertz CT molecular complexity index is 344. The number of hydrogen-bond donors (Lipinski definition) is 6. The molecule has 0 radical (unpaired) electrons. The lowest BCUT2D eigenvalue weighted by Gasteiger charge is -2.29. The van der Waals surface area contributed by atoms with Crippen molar-refractivity contribution in [2.24, 2.45) is 0 Å². The van der Waals surface area contributed by atoms with Gasteiger partial charge in [0.15, 0.2) is 0 Å². The zero-order valence-corrected chi connectivity index (χ0v) is 12.4. The van der Waals surface area contributed by atoms with Crippen LogP contribution in [0.3, 0.4) is 0 Å². The van der Waals surface area contributed by atoms with Crippen molar-refractivity contribution in [2.45, 2.75) is 44.2 Å². The molecule has 0 aromatic carbocycles. The Balaban J connectivity index is 4.68. The van der Waals surface area contributed by atoms with Crippen LogP contribution in [0.25, 0.3) is 0 Å². The van der Waals surface area contributed by atoms with Crippen molar-refractivity contribution in [2.75, 3.05) is 6.54 Å². The molecule has 0 aromatic heterocycles. The van der Waals surface area contributed by atoms with E-state index < -0.39 is 26.7 Å². The van der Waals surface area contributed by atoms with Crippen LogP contribution < -0.4 is 5.32 Å². The molecule has 0 atom stereocenters. The van der Waals surface area contributed by atoms with Crippen molar-refractivity contribution in [3.8, 4) is 0 Å².